The second-order valence-corrected chi connectivity index (χ2v) is 3.46. The highest BCUT2D eigenvalue weighted by Crippen LogP contribution is 2.28. The molecule has 0 saturated heterocycles. The molecule has 0 aliphatic heterocycles. The van der Waals surface area contributed by atoms with E-state index in [0.29, 0.717) is 0 Å². The van der Waals surface area contributed by atoms with Gasteiger partial charge in [0.05, 0.1) is 0 Å². The molecule has 0 spiro atoms. The Morgan fingerprint density at radius 2 is 1.86 bits per heavy atom. The van der Waals surface area contributed by atoms with Gasteiger partial charge in [0.2, 0.25) is 0 Å². The third kappa shape index (κ3) is 1.23. The smallest absolute Gasteiger partial charge is 0.0170 e. The third-order valence-corrected chi connectivity index (χ3v) is 1.65. The molecule has 0 aromatic carbocycles. The van der Waals surface area contributed by atoms with Gasteiger partial charge < -0.3 is 0 Å². The van der Waals surface area contributed by atoms with Crippen LogP contribution in [0.2, 0.25) is 0 Å². The molecule has 0 nitrogen and oxygen atoms in total. The van der Waals surface area contributed by atoms with Gasteiger partial charge in [0.15, 0.2) is 0 Å². The van der Waals surface area contributed by atoms with Crippen LogP contribution >= 0.6 is 12.6 Å². The minimum Gasteiger partial charge on any atom is -0.172 e. The predicted octanol–water partition coefficient (Wildman–Crippen LogP) is 2.02. The van der Waals surface area contributed by atoms with Gasteiger partial charge in [-0.15, -0.1) is 0 Å². The lowest BCUT2D eigenvalue weighted by molar-refractivity contribution is 0.708. The van der Waals surface area contributed by atoms with Gasteiger partial charge in [0, 0.05) is 4.75 Å². The van der Waals surface area contributed by atoms with E-state index in [4.69, 9.17) is 0 Å². The van der Waals surface area contributed by atoms with Crippen LogP contribution in [0.25, 0.3) is 0 Å². The fourth-order valence-electron chi connectivity index (χ4n) is 0.758. The zero-order valence-corrected chi connectivity index (χ0v) is 5.41. The lowest BCUT2D eigenvalue weighted by Gasteiger charge is -2.12. The van der Waals surface area contributed by atoms with Gasteiger partial charge in [-0.3, -0.25) is 0 Å². The van der Waals surface area contributed by atoms with Crippen molar-refractivity contribution in [3.05, 3.63) is 12.2 Å². The summed E-state index contributed by atoms with van der Waals surface area (Å²) in [6.07, 6.45) is 6.65. The summed E-state index contributed by atoms with van der Waals surface area (Å²) in [6, 6.07) is 0. The van der Waals surface area contributed by atoms with Crippen molar-refractivity contribution in [3.63, 3.8) is 0 Å². The fraction of sp³-hybridized carbons (Fsp3) is 0.667. The summed E-state index contributed by atoms with van der Waals surface area (Å²) in [6.45, 7) is 2.16. The third-order valence-electron chi connectivity index (χ3n) is 1.28. The average molecular weight is 114 g/mol. The molecule has 0 aromatic heterocycles. The van der Waals surface area contributed by atoms with Gasteiger partial charge in [-0.25, -0.2) is 0 Å². The molecular weight excluding hydrogens is 104 g/mol. The first kappa shape index (κ1) is 5.23. The molecule has 0 unspecified atom stereocenters. The van der Waals surface area contributed by atoms with Gasteiger partial charge >= 0.3 is 0 Å². The van der Waals surface area contributed by atoms with E-state index in [0.717, 1.165) is 12.8 Å². The Balaban J connectivity index is 2.49. The Kier molecular flexibility index (Phi) is 1.16. The van der Waals surface area contributed by atoms with Crippen molar-refractivity contribution >= 4 is 12.6 Å². The highest BCUT2D eigenvalue weighted by molar-refractivity contribution is 7.81. The molecule has 0 heterocycles. The fourth-order valence-corrected chi connectivity index (χ4v) is 0.969. The zero-order chi connectivity index (χ0) is 5.33. The van der Waals surface area contributed by atoms with Crippen molar-refractivity contribution in [1.82, 2.24) is 0 Å². The number of allylic oxidation sites excluding steroid dienone is 2. The molecule has 1 rings (SSSR count). The van der Waals surface area contributed by atoms with E-state index in [9.17, 15) is 0 Å². The Bertz CT molecular complexity index is 82.4. The van der Waals surface area contributed by atoms with E-state index in [-0.39, 0.29) is 4.75 Å². The van der Waals surface area contributed by atoms with E-state index < -0.39 is 0 Å². The summed E-state index contributed by atoms with van der Waals surface area (Å²) in [4.78, 5) is 0. The van der Waals surface area contributed by atoms with Gasteiger partial charge in [-0.2, -0.15) is 12.6 Å². The van der Waals surface area contributed by atoms with E-state index in [2.05, 4.69) is 31.7 Å². The first-order valence-corrected chi connectivity index (χ1v) is 3.03. The van der Waals surface area contributed by atoms with Gasteiger partial charge in [-0.05, 0) is 12.8 Å². The Labute approximate surface area is 50.0 Å². The number of hydrogen-bond acceptors (Lipinski definition) is 1. The number of rotatable bonds is 0. The van der Waals surface area contributed by atoms with Crippen LogP contribution in [0.4, 0.5) is 0 Å². The van der Waals surface area contributed by atoms with Crippen molar-refractivity contribution in [2.45, 2.75) is 24.5 Å². The van der Waals surface area contributed by atoms with Crippen molar-refractivity contribution in [2.24, 2.45) is 0 Å². The van der Waals surface area contributed by atoms with Crippen molar-refractivity contribution < 1.29 is 0 Å². The summed E-state index contributed by atoms with van der Waals surface area (Å²) >= 11 is 4.39. The van der Waals surface area contributed by atoms with Crippen LogP contribution in [0.3, 0.4) is 0 Å². The second kappa shape index (κ2) is 1.55. The molecule has 1 heteroatoms. The molecule has 1 aliphatic rings. The highest BCUT2D eigenvalue weighted by atomic mass is 32.1. The van der Waals surface area contributed by atoms with Gasteiger partial charge in [0.1, 0.15) is 0 Å². The van der Waals surface area contributed by atoms with E-state index in [1.165, 1.54) is 0 Å². The van der Waals surface area contributed by atoms with Crippen molar-refractivity contribution in [1.29, 1.82) is 0 Å². The van der Waals surface area contributed by atoms with Crippen LogP contribution in [0.1, 0.15) is 19.8 Å². The largest absolute Gasteiger partial charge is 0.172 e. The molecule has 0 bridgehead atoms. The minimum absolute atomic E-state index is 0.278. The maximum absolute atomic E-state index is 4.39. The number of hydrogen-bond donors (Lipinski definition) is 1. The van der Waals surface area contributed by atoms with E-state index in [1.54, 1.807) is 0 Å². The molecule has 0 amide bonds. The molecule has 0 atom stereocenters. The van der Waals surface area contributed by atoms with Crippen LogP contribution in [0, 0.1) is 0 Å². The van der Waals surface area contributed by atoms with Gasteiger partial charge in [0.25, 0.3) is 0 Å². The van der Waals surface area contributed by atoms with Crippen LogP contribution in [-0.2, 0) is 0 Å². The van der Waals surface area contributed by atoms with Crippen molar-refractivity contribution in [3.8, 4) is 0 Å². The molecule has 7 heavy (non-hydrogen) atoms. The quantitative estimate of drug-likeness (QED) is 0.361. The maximum atomic E-state index is 4.39. The second-order valence-electron chi connectivity index (χ2n) is 2.38. The molecule has 0 radical (unpaired) electrons. The average Bonchev–Trinajstić information content (AvgIpc) is 1.84. The summed E-state index contributed by atoms with van der Waals surface area (Å²) in [5.74, 6) is 0. The molecular formula is C6H10S. The Morgan fingerprint density at radius 3 is 2.00 bits per heavy atom. The summed E-state index contributed by atoms with van der Waals surface area (Å²) in [7, 11) is 0. The first-order valence-electron chi connectivity index (χ1n) is 2.58. The monoisotopic (exact) mass is 114 g/mol. The van der Waals surface area contributed by atoms with Crippen LogP contribution in [-0.4, -0.2) is 4.75 Å². The SMILES string of the molecule is CC1(S)CC=CC1. The zero-order valence-electron chi connectivity index (χ0n) is 4.52. The summed E-state index contributed by atoms with van der Waals surface area (Å²) in [5, 5.41) is 0. The predicted molar refractivity (Wildman–Crippen MR) is 35.8 cm³/mol. The summed E-state index contributed by atoms with van der Waals surface area (Å²) in [5.41, 5.74) is 0. The standard InChI is InChI=1S/C6H10S/c1-6(7)4-2-3-5-6/h2-3,7H,4-5H2,1H3. The number of thiol groups is 1. The minimum atomic E-state index is 0.278. The highest BCUT2D eigenvalue weighted by Gasteiger charge is 2.18. The molecule has 0 fully saturated rings. The Morgan fingerprint density at radius 1 is 1.43 bits per heavy atom. The van der Waals surface area contributed by atoms with Gasteiger partial charge in [-0.1, -0.05) is 19.1 Å². The molecule has 1 aliphatic carbocycles. The van der Waals surface area contributed by atoms with Crippen molar-refractivity contribution in [2.75, 3.05) is 0 Å². The van der Waals surface area contributed by atoms with E-state index >= 15 is 0 Å². The summed E-state index contributed by atoms with van der Waals surface area (Å²) < 4.78 is 0.278. The molecule has 0 aromatic rings. The normalized spacial score (nSPS) is 26.0. The first-order chi connectivity index (χ1) is 3.21. The van der Waals surface area contributed by atoms with Crippen LogP contribution in [0.15, 0.2) is 12.2 Å². The Hall–Kier alpha value is 0.0900. The van der Waals surface area contributed by atoms with Crippen LogP contribution < -0.4 is 0 Å². The lowest BCUT2D eigenvalue weighted by Crippen LogP contribution is -2.08. The van der Waals surface area contributed by atoms with E-state index in [1.807, 2.05) is 0 Å². The lowest BCUT2D eigenvalue weighted by atomic mass is 10.1. The topological polar surface area (TPSA) is 0 Å². The molecule has 0 saturated carbocycles. The maximum Gasteiger partial charge on any atom is 0.0170 e. The molecule has 40 valence electrons. The molecule has 0 N–H and O–H groups in total. The van der Waals surface area contributed by atoms with Crippen LogP contribution in [0.5, 0.6) is 0 Å².